The molecule has 1 aliphatic rings. The van der Waals surface area contributed by atoms with Crippen LogP contribution in [0.15, 0.2) is 51.8 Å². The topological polar surface area (TPSA) is 108 Å². The first-order chi connectivity index (χ1) is 15.4. The van der Waals surface area contributed by atoms with Crippen molar-refractivity contribution in [1.29, 1.82) is 0 Å². The highest BCUT2D eigenvalue weighted by atomic mass is 19.1. The number of benzene rings is 1. The highest BCUT2D eigenvalue weighted by molar-refractivity contribution is 6.04. The van der Waals surface area contributed by atoms with Gasteiger partial charge in [-0.05, 0) is 43.2 Å². The lowest BCUT2D eigenvalue weighted by molar-refractivity contribution is 0.101. The Morgan fingerprint density at radius 2 is 1.91 bits per heavy atom. The Morgan fingerprint density at radius 3 is 2.50 bits per heavy atom. The van der Waals surface area contributed by atoms with Crippen molar-refractivity contribution < 1.29 is 18.0 Å². The molecule has 1 aromatic carbocycles. The summed E-state index contributed by atoms with van der Waals surface area (Å²) in [6.07, 6.45) is 3.37. The summed E-state index contributed by atoms with van der Waals surface area (Å²) in [5.41, 5.74) is 0.892. The van der Waals surface area contributed by atoms with Gasteiger partial charge in [0, 0.05) is 18.7 Å². The number of carbonyl (C=O) groups is 1. The number of aromatic nitrogens is 5. The third kappa shape index (κ3) is 3.57. The maximum atomic E-state index is 13.8. The van der Waals surface area contributed by atoms with Gasteiger partial charge in [-0.2, -0.15) is 9.78 Å². The minimum absolute atomic E-state index is 0.106. The fraction of sp³-hybridized carbons (Fsp3) is 0.190. The van der Waals surface area contributed by atoms with Crippen LogP contribution in [-0.4, -0.2) is 30.5 Å². The Kier molecular flexibility index (Phi) is 4.65. The highest BCUT2D eigenvalue weighted by Crippen LogP contribution is 2.41. The molecule has 1 amide bonds. The first-order valence-electron chi connectivity index (χ1n) is 9.77. The molecule has 0 aliphatic heterocycles. The number of carbonyl (C=O) groups excluding carboxylic acids is 1. The monoisotopic (exact) mass is 438 g/mol. The minimum atomic E-state index is -0.952. The standard InChI is InChI=1S/C21H16F2N6O3/c1-28-21(31)32-20(27-28)15-9-16(11-5-6-11)29(26-15)17-8-7-12(10-24-17)25-19(30)18-13(22)3-2-4-14(18)23/h2-4,7-11H,5-6H2,1H3,(H,25,30). The maximum Gasteiger partial charge on any atom is 0.437 e. The fourth-order valence-electron chi connectivity index (χ4n) is 3.30. The van der Waals surface area contributed by atoms with Gasteiger partial charge in [0.1, 0.15) is 17.2 Å². The minimum Gasteiger partial charge on any atom is -0.386 e. The Morgan fingerprint density at radius 1 is 1.16 bits per heavy atom. The second-order valence-electron chi connectivity index (χ2n) is 7.39. The van der Waals surface area contributed by atoms with Crippen LogP contribution in [0.1, 0.15) is 34.8 Å². The average Bonchev–Trinajstić information content (AvgIpc) is 3.42. The van der Waals surface area contributed by atoms with Crippen molar-refractivity contribution in [3.63, 3.8) is 0 Å². The van der Waals surface area contributed by atoms with E-state index in [9.17, 15) is 18.4 Å². The van der Waals surface area contributed by atoms with Gasteiger partial charge in [-0.15, -0.1) is 5.10 Å². The zero-order valence-electron chi connectivity index (χ0n) is 16.7. The van der Waals surface area contributed by atoms with Crippen molar-refractivity contribution in [3.8, 4) is 17.4 Å². The van der Waals surface area contributed by atoms with Crippen molar-refractivity contribution in [1.82, 2.24) is 24.5 Å². The van der Waals surface area contributed by atoms with E-state index in [2.05, 4.69) is 20.5 Å². The lowest BCUT2D eigenvalue weighted by Gasteiger charge is -2.09. The van der Waals surface area contributed by atoms with Crippen LogP contribution < -0.4 is 11.1 Å². The van der Waals surface area contributed by atoms with Gasteiger partial charge in [0.25, 0.3) is 11.8 Å². The van der Waals surface area contributed by atoms with E-state index in [0.717, 1.165) is 35.4 Å². The van der Waals surface area contributed by atoms with Crippen LogP contribution in [-0.2, 0) is 7.05 Å². The zero-order chi connectivity index (χ0) is 22.4. The first kappa shape index (κ1) is 19.8. The van der Waals surface area contributed by atoms with Crippen molar-refractivity contribution in [2.75, 3.05) is 5.32 Å². The molecular weight excluding hydrogens is 422 g/mol. The average molecular weight is 438 g/mol. The third-order valence-corrected chi connectivity index (χ3v) is 5.05. The molecule has 162 valence electrons. The molecule has 0 saturated heterocycles. The van der Waals surface area contributed by atoms with Gasteiger partial charge < -0.3 is 9.73 Å². The fourth-order valence-corrected chi connectivity index (χ4v) is 3.30. The molecule has 11 heteroatoms. The number of nitrogens with one attached hydrogen (secondary N) is 1. The van der Waals surface area contributed by atoms with E-state index in [0.29, 0.717) is 17.4 Å². The summed E-state index contributed by atoms with van der Waals surface area (Å²) in [5.74, 6) is -2.54. The quantitative estimate of drug-likeness (QED) is 0.513. The van der Waals surface area contributed by atoms with Gasteiger partial charge in [0.15, 0.2) is 11.5 Å². The number of anilines is 1. The van der Waals surface area contributed by atoms with Crippen LogP contribution in [0.2, 0.25) is 0 Å². The Bertz CT molecular complexity index is 1370. The second kappa shape index (κ2) is 7.52. The molecule has 32 heavy (non-hydrogen) atoms. The molecule has 9 nitrogen and oxygen atoms in total. The van der Waals surface area contributed by atoms with Crippen LogP contribution in [0.4, 0.5) is 14.5 Å². The summed E-state index contributed by atoms with van der Waals surface area (Å²) in [6, 6.07) is 8.18. The molecule has 0 radical (unpaired) electrons. The van der Waals surface area contributed by atoms with E-state index in [-0.39, 0.29) is 11.6 Å². The molecule has 0 unspecified atom stereocenters. The van der Waals surface area contributed by atoms with Crippen LogP contribution in [0.5, 0.6) is 0 Å². The summed E-state index contributed by atoms with van der Waals surface area (Å²) >= 11 is 0. The number of halogens is 2. The number of rotatable bonds is 5. The van der Waals surface area contributed by atoms with Crippen LogP contribution >= 0.6 is 0 Å². The first-order valence-corrected chi connectivity index (χ1v) is 9.77. The van der Waals surface area contributed by atoms with Gasteiger partial charge in [-0.1, -0.05) is 6.07 Å². The molecule has 4 aromatic rings. The Labute approximate surface area is 179 Å². The summed E-state index contributed by atoms with van der Waals surface area (Å²) in [6.45, 7) is 0. The molecule has 5 rings (SSSR count). The summed E-state index contributed by atoms with van der Waals surface area (Å²) in [4.78, 5) is 28.2. The molecule has 3 aromatic heterocycles. The number of hydrogen-bond donors (Lipinski definition) is 1. The van der Waals surface area contributed by atoms with Crippen molar-refractivity contribution >= 4 is 11.6 Å². The number of nitrogens with zero attached hydrogens (tertiary/aromatic N) is 5. The zero-order valence-corrected chi connectivity index (χ0v) is 16.7. The number of hydrogen-bond acceptors (Lipinski definition) is 6. The summed E-state index contributed by atoms with van der Waals surface area (Å²) in [5, 5.41) is 11.0. The SMILES string of the molecule is Cn1nc(-c2cc(C3CC3)n(-c3ccc(NC(=O)c4c(F)cccc4F)cn3)n2)oc1=O. The lowest BCUT2D eigenvalue weighted by Crippen LogP contribution is -2.16. The van der Waals surface area contributed by atoms with Crippen LogP contribution in [0, 0.1) is 11.6 Å². The predicted octanol–water partition coefficient (Wildman–Crippen LogP) is 3.03. The molecule has 0 spiro atoms. The molecule has 0 bridgehead atoms. The maximum absolute atomic E-state index is 13.8. The predicted molar refractivity (Wildman–Crippen MR) is 108 cm³/mol. The number of amides is 1. The van der Waals surface area contributed by atoms with Gasteiger partial charge in [-0.3, -0.25) is 4.79 Å². The van der Waals surface area contributed by atoms with E-state index in [1.807, 2.05) is 0 Å². The molecule has 0 atom stereocenters. The molecule has 1 saturated carbocycles. The van der Waals surface area contributed by atoms with E-state index >= 15 is 0 Å². The van der Waals surface area contributed by atoms with Crippen molar-refractivity contribution in [2.45, 2.75) is 18.8 Å². The molecular formula is C21H16F2N6O3. The molecule has 3 heterocycles. The summed E-state index contributed by atoms with van der Waals surface area (Å²) < 4.78 is 35.5. The Hall–Kier alpha value is -4.15. The lowest BCUT2D eigenvalue weighted by atomic mass is 10.2. The highest BCUT2D eigenvalue weighted by Gasteiger charge is 2.30. The van der Waals surface area contributed by atoms with Gasteiger partial charge >= 0.3 is 5.76 Å². The van der Waals surface area contributed by atoms with Crippen LogP contribution in [0.3, 0.4) is 0 Å². The van der Waals surface area contributed by atoms with E-state index in [4.69, 9.17) is 4.42 Å². The van der Waals surface area contributed by atoms with E-state index in [1.54, 1.807) is 22.9 Å². The van der Waals surface area contributed by atoms with Gasteiger partial charge in [0.05, 0.1) is 11.9 Å². The van der Waals surface area contributed by atoms with E-state index < -0.39 is 28.9 Å². The normalized spacial score (nSPS) is 13.3. The summed E-state index contributed by atoms with van der Waals surface area (Å²) in [7, 11) is 1.48. The van der Waals surface area contributed by atoms with E-state index in [1.165, 1.54) is 19.3 Å². The number of aryl methyl sites for hydroxylation is 1. The molecule has 1 fully saturated rings. The second-order valence-corrected chi connectivity index (χ2v) is 7.39. The Balaban J connectivity index is 1.43. The molecule has 1 N–H and O–H groups in total. The van der Waals surface area contributed by atoms with Crippen molar-refractivity contribution in [3.05, 3.63) is 76.0 Å². The van der Waals surface area contributed by atoms with Gasteiger partial charge in [-0.25, -0.2) is 23.2 Å². The van der Waals surface area contributed by atoms with Crippen LogP contribution in [0.25, 0.3) is 17.4 Å². The van der Waals surface area contributed by atoms with Gasteiger partial charge in [0.2, 0.25) is 0 Å². The smallest absolute Gasteiger partial charge is 0.386 e. The number of pyridine rings is 1. The molecule has 1 aliphatic carbocycles. The largest absolute Gasteiger partial charge is 0.437 e. The third-order valence-electron chi connectivity index (χ3n) is 5.05. The van der Waals surface area contributed by atoms with Crippen molar-refractivity contribution in [2.24, 2.45) is 7.05 Å².